The molecule has 1 aromatic carbocycles. The number of carbonyl (C=O) groups is 1. The number of carbonyl (C=O) groups excluding carboxylic acids is 1. The van der Waals surface area contributed by atoms with Crippen molar-refractivity contribution < 1.29 is 24.5 Å². The zero-order valence-corrected chi connectivity index (χ0v) is 19.5. The minimum atomic E-state index is -0.425. The van der Waals surface area contributed by atoms with Crippen molar-refractivity contribution in [1.82, 2.24) is 0 Å². The van der Waals surface area contributed by atoms with E-state index in [0.717, 1.165) is 48.1 Å². The number of rotatable bonds is 2. The van der Waals surface area contributed by atoms with Crippen LogP contribution in [0.2, 0.25) is 0 Å². The second-order valence-electron chi connectivity index (χ2n) is 11.5. The first-order chi connectivity index (χ1) is 14.5. The Morgan fingerprint density at radius 2 is 1.97 bits per heavy atom. The van der Waals surface area contributed by atoms with Gasteiger partial charge in [0.15, 0.2) is 0 Å². The summed E-state index contributed by atoms with van der Waals surface area (Å²) in [6, 6.07) is 1.82. The van der Waals surface area contributed by atoms with Gasteiger partial charge in [-0.1, -0.05) is 27.7 Å². The third-order valence-electron chi connectivity index (χ3n) is 9.56. The number of Topliss-reactive ketones (excluding diaryl/α,β-unsaturated/α-hetero) is 1. The second-order valence-corrected chi connectivity index (χ2v) is 11.5. The number of ether oxygens (including phenoxy) is 2. The Bertz CT molecular complexity index is 936. The Kier molecular flexibility index (Phi) is 4.60. The van der Waals surface area contributed by atoms with Crippen LogP contribution in [0.5, 0.6) is 11.5 Å². The Morgan fingerprint density at radius 1 is 1.23 bits per heavy atom. The van der Waals surface area contributed by atoms with Crippen LogP contribution in [0.1, 0.15) is 89.5 Å². The van der Waals surface area contributed by atoms with Gasteiger partial charge in [-0.05, 0) is 61.5 Å². The summed E-state index contributed by atoms with van der Waals surface area (Å²) in [6.07, 6.45) is 4.22. The predicted octanol–water partition coefficient (Wildman–Crippen LogP) is 4.85. The summed E-state index contributed by atoms with van der Waals surface area (Å²) < 4.78 is 13.0. The van der Waals surface area contributed by atoms with E-state index in [1.165, 1.54) is 0 Å². The molecule has 31 heavy (non-hydrogen) atoms. The molecule has 1 spiro atoms. The van der Waals surface area contributed by atoms with Gasteiger partial charge >= 0.3 is 0 Å². The molecule has 1 aromatic rings. The Morgan fingerprint density at radius 3 is 2.68 bits per heavy atom. The third-order valence-corrected chi connectivity index (χ3v) is 9.56. The minimum absolute atomic E-state index is 0.0912. The molecule has 2 saturated carbocycles. The quantitative estimate of drug-likeness (QED) is 0.704. The van der Waals surface area contributed by atoms with Gasteiger partial charge in [-0.15, -0.1) is 0 Å². The maximum atomic E-state index is 11.9. The summed E-state index contributed by atoms with van der Waals surface area (Å²) in [6.45, 7) is 11.0. The number of aliphatic hydroxyl groups is 1. The van der Waals surface area contributed by atoms with Crippen molar-refractivity contribution in [1.29, 1.82) is 0 Å². The number of fused-ring (bicyclic) bond motifs is 5. The van der Waals surface area contributed by atoms with E-state index < -0.39 is 5.60 Å². The molecule has 2 fully saturated rings. The van der Waals surface area contributed by atoms with Gasteiger partial charge in [0.2, 0.25) is 0 Å². The molecule has 5 nitrogen and oxygen atoms in total. The minimum Gasteiger partial charge on any atom is -0.508 e. The number of phenols is 1. The molecule has 2 aliphatic carbocycles. The lowest BCUT2D eigenvalue weighted by molar-refractivity contribution is -0.210. The van der Waals surface area contributed by atoms with E-state index in [0.29, 0.717) is 31.3 Å². The SMILES string of the molecule is CC(=O)C[C@@H]1OCc2cc(O)c3c(c21)O[C@]1(C3)[C@H](C)CC[C@H]2C(C)(C)[C@H](O)CC[C@@]21C. The van der Waals surface area contributed by atoms with Crippen LogP contribution in [0.3, 0.4) is 0 Å². The fraction of sp³-hybridized carbons (Fsp3) is 0.731. The van der Waals surface area contributed by atoms with E-state index in [2.05, 4.69) is 27.7 Å². The molecular formula is C26H36O5. The molecule has 5 heteroatoms. The van der Waals surface area contributed by atoms with E-state index in [-0.39, 0.29) is 34.6 Å². The van der Waals surface area contributed by atoms with Gasteiger partial charge in [0.1, 0.15) is 22.9 Å². The van der Waals surface area contributed by atoms with Gasteiger partial charge < -0.3 is 19.7 Å². The van der Waals surface area contributed by atoms with Crippen molar-refractivity contribution in [3.63, 3.8) is 0 Å². The first-order valence-corrected chi connectivity index (χ1v) is 11.9. The van der Waals surface area contributed by atoms with E-state index in [1.54, 1.807) is 6.92 Å². The average Bonchev–Trinajstić information content (AvgIpc) is 3.26. The van der Waals surface area contributed by atoms with Crippen LogP contribution in [0.25, 0.3) is 0 Å². The monoisotopic (exact) mass is 428 g/mol. The van der Waals surface area contributed by atoms with Crippen molar-refractivity contribution in [3.05, 3.63) is 22.8 Å². The molecular weight excluding hydrogens is 392 g/mol. The van der Waals surface area contributed by atoms with Gasteiger partial charge in [-0.3, -0.25) is 4.79 Å². The Balaban J connectivity index is 1.62. The van der Waals surface area contributed by atoms with E-state index in [1.807, 2.05) is 6.07 Å². The topological polar surface area (TPSA) is 76.0 Å². The smallest absolute Gasteiger partial charge is 0.133 e. The summed E-state index contributed by atoms with van der Waals surface area (Å²) in [5.41, 5.74) is 2.06. The first kappa shape index (κ1) is 21.3. The molecule has 2 aliphatic heterocycles. The van der Waals surface area contributed by atoms with Crippen LogP contribution in [0, 0.1) is 22.7 Å². The molecule has 0 amide bonds. The fourth-order valence-electron chi connectivity index (χ4n) is 7.73. The first-order valence-electron chi connectivity index (χ1n) is 11.9. The lowest BCUT2D eigenvalue weighted by atomic mass is 9.43. The van der Waals surface area contributed by atoms with Crippen LogP contribution >= 0.6 is 0 Å². The highest BCUT2D eigenvalue weighted by molar-refractivity contribution is 5.77. The van der Waals surface area contributed by atoms with Crippen molar-refractivity contribution in [2.45, 2.75) is 97.6 Å². The molecule has 5 rings (SSSR count). The highest BCUT2D eigenvalue weighted by Crippen LogP contribution is 2.67. The lowest BCUT2D eigenvalue weighted by Gasteiger charge is -2.64. The number of hydrogen-bond acceptors (Lipinski definition) is 5. The summed E-state index contributed by atoms with van der Waals surface area (Å²) in [7, 11) is 0. The van der Waals surface area contributed by atoms with Crippen molar-refractivity contribution in [3.8, 4) is 11.5 Å². The second kappa shape index (κ2) is 6.71. The standard InChI is InChI=1S/C26H36O5/c1-14-6-7-20-24(3,4)21(29)8-9-25(20,5)26(14)12-17-18(28)11-16-13-30-19(10-15(2)27)22(16)23(17)31-26/h11,14,19-21,28-29H,6-10,12-13H2,1-5H3/t14-,19+,20+,21-,25+,26-/m1/s1. The van der Waals surface area contributed by atoms with Crippen LogP contribution in [-0.4, -0.2) is 27.7 Å². The van der Waals surface area contributed by atoms with E-state index in [4.69, 9.17) is 9.47 Å². The molecule has 6 atom stereocenters. The van der Waals surface area contributed by atoms with Gasteiger partial charge in [-0.25, -0.2) is 0 Å². The van der Waals surface area contributed by atoms with Crippen LogP contribution in [-0.2, 0) is 22.6 Å². The molecule has 2 heterocycles. The maximum absolute atomic E-state index is 11.9. The number of benzene rings is 1. The van der Waals surface area contributed by atoms with Gasteiger partial charge in [0.25, 0.3) is 0 Å². The molecule has 2 N–H and O–H groups in total. The number of hydrogen-bond donors (Lipinski definition) is 2. The Hall–Kier alpha value is -1.59. The summed E-state index contributed by atoms with van der Waals surface area (Å²) in [4.78, 5) is 11.9. The fourth-order valence-corrected chi connectivity index (χ4v) is 7.73. The normalized spacial score (nSPS) is 40.2. The summed E-state index contributed by atoms with van der Waals surface area (Å²) in [5, 5.41) is 21.8. The van der Waals surface area contributed by atoms with Crippen molar-refractivity contribution in [2.24, 2.45) is 22.7 Å². The predicted molar refractivity (Wildman–Crippen MR) is 117 cm³/mol. The summed E-state index contributed by atoms with van der Waals surface area (Å²) in [5.74, 6) is 1.81. The van der Waals surface area contributed by atoms with Crippen LogP contribution < -0.4 is 4.74 Å². The molecule has 170 valence electrons. The van der Waals surface area contributed by atoms with Crippen LogP contribution in [0.15, 0.2) is 6.07 Å². The van der Waals surface area contributed by atoms with Gasteiger partial charge in [0, 0.05) is 29.4 Å². The van der Waals surface area contributed by atoms with Gasteiger partial charge in [-0.2, -0.15) is 0 Å². The number of ketones is 1. The molecule has 4 aliphatic rings. The number of aliphatic hydroxyl groups excluding tert-OH is 1. The third kappa shape index (κ3) is 2.72. The van der Waals surface area contributed by atoms with Gasteiger partial charge in [0.05, 0.1) is 18.8 Å². The largest absolute Gasteiger partial charge is 0.508 e. The zero-order valence-electron chi connectivity index (χ0n) is 19.5. The Labute approximate surface area is 185 Å². The molecule has 0 bridgehead atoms. The maximum Gasteiger partial charge on any atom is 0.133 e. The van der Waals surface area contributed by atoms with Crippen molar-refractivity contribution >= 4 is 5.78 Å². The highest BCUT2D eigenvalue weighted by Gasteiger charge is 2.67. The average molecular weight is 429 g/mol. The number of aromatic hydroxyl groups is 1. The molecule has 0 aromatic heterocycles. The van der Waals surface area contributed by atoms with E-state index >= 15 is 0 Å². The number of phenolic OH excluding ortho intramolecular Hbond substituents is 1. The summed E-state index contributed by atoms with van der Waals surface area (Å²) >= 11 is 0. The highest BCUT2D eigenvalue weighted by atomic mass is 16.5. The molecule has 0 radical (unpaired) electrons. The molecule has 0 unspecified atom stereocenters. The van der Waals surface area contributed by atoms with E-state index in [9.17, 15) is 15.0 Å². The van der Waals surface area contributed by atoms with Crippen LogP contribution in [0.4, 0.5) is 0 Å². The zero-order chi connectivity index (χ0) is 22.3. The molecule has 0 saturated heterocycles. The lowest BCUT2D eigenvalue weighted by Crippen LogP contribution is -2.66. The van der Waals surface area contributed by atoms with Crippen molar-refractivity contribution in [2.75, 3.05) is 0 Å².